The summed E-state index contributed by atoms with van der Waals surface area (Å²) in [4.78, 5) is 13.9. The van der Waals surface area contributed by atoms with Crippen LogP contribution in [0.4, 0.5) is 0 Å². The van der Waals surface area contributed by atoms with E-state index in [1.54, 1.807) is 0 Å². The summed E-state index contributed by atoms with van der Waals surface area (Å²) in [7, 11) is 3.98. The number of carbonyl (C=O) groups is 1. The Hall–Kier alpha value is -0.870. The standard InChI is InChI=1S/C12H17BrN2O/c1-9(8-15(2)3)14-12(16)10-5-4-6-11(13)7-10/h4-7,9H,8H2,1-3H3,(H,14,16). The van der Waals surface area contributed by atoms with Gasteiger partial charge in [0.1, 0.15) is 0 Å². The van der Waals surface area contributed by atoms with Gasteiger partial charge in [-0.25, -0.2) is 0 Å². The molecular formula is C12H17BrN2O. The summed E-state index contributed by atoms with van der Waals surface area (Å²) in [5, 5.41) is 2.95. The molecule has 3 nitrogen and oxygen atoms in total. The van der Waals surface area contributed by atoms with Crippen LogP contribution in [0.5, 0.6) is 0 Å². The Labute approximate surface area is 105 Å². The van der Waals surface area contributed by atoms with E-state index >= 15 is 0 Å². The van der Waals surface area contributed by atoms with Crippen molar-refractivity contribution in [2.75, 3.05) is 20.6 Å². The minimum atomic E-state index is -0.0318. The molecule has 88 valence electrons. The average Bonchev–Trinajstić information content (AvgIpc) is 2.16. The fraction of sp³-hybridized carbons (Fsp3) is 0.417. The van der Waals surface area contributed by atoms with Crippen molar-refractivity contribution in [3.05, 3.63) is 34.3 Å². The van der Waals surface area contributed by atoms with Crippen molar-refractivity contribution in [2.24, 2.45) is 0 Å². The maximum absolute atomic E-state index is 11.8. The lowest BCUT2D eigenvalue weighted by molar-refractivity contribution is 0.0934. The second kappa shape index (κ2) is 6.01. The summed E-state index contributed by atoms with van der Waals surface area (Å²) in [6.45, 7) is 2.83. The third-order valence-corrected chi connectivity index (χ3v) is 2.60. The van der Waals surface area contributed by atoms with E-state index in [0.717, 1.165) is 11.0 Å². The van der Waals surface area contributed by atoms with Crippen LogP contribution in [0.15, 0.2) is 28.7 Å². The molecule has 1 rings (SSSR count). The predicted molar refractivity (Wildman–Crippen MR) is 69.6 cm³/mol. The summed E-state index contributed by atoms with van der Waals surface area (Å²) in [5.74, 6) is -0.0318. The number of carbonyl (C=O) groups excluding carboxylic acids is 1. The Morgan fingerprint density at radius 1 is 1.50 bits per heavy atom. The van der Waals surface area contributed by atoms with E-state index in [0.29, 0.717) is 5.56 Å². The Bertz CT molecular complexity index is 366. The van der Waals surface area contributed by atoms with Gasteiger partial charge in [0, 0.05) is 22.6 Å². The molecule has 0 fully saturated rings. The van der Waals surface area contributed by atoms with Crippen molar-refractivity contribution >= 4 is 21.8 Å². The zero-order chi connectivity index (χ0) is 12.1. The number of hydrogen-bond donors (Lipinski definition) is 1. The van der Waals surface area contributed by atoms with Gasteiger partial charge in [-0.05, 0) is 39.2 Å². The van der Waals surface area contributed by atoms with E-state index in [1.165, 1.54) is 0 Å². The summed E-state index contributed by atoms with van der Waals surface area (Å²) in [6, 6.07) is 7.53. The quantitative estimate of drug-likeness (QED) is 0.919. The zero-order valence-corrected chi connectivity index (χ0v) is 11.4. The molecule has 0 aliphatic heterocycles. The molecule has 1 aromatic rings. The van der Waals surface area contributed by atoms with Gasteiger partial charge >= 0.3 is 0 Å². The highest BCUT2D eigenvalue weighted by atomic mass is 79.9. The van der Waals surface area contributed by atoms with Gasteiger partial charge in [-0.2, -0.15) is 0 Å². The first-order valence-corrected chi connectivity index (χ1v) is 5.99. The number of halogens is 1. The normalized spacial score (nSPS) is 12.6. The van der Waals surface area contributed by atoms with Gasteiger partial charge in [0.15, 0.2) is 0 Å². The molecule has 0 spiro atoms. The third kappa shape index (κ3) is 4.33. The van der Waals surface area contributed by atoms with Crippen molar-refractivity contribution in [3.63, 3.8) is 0 Å². The van der Waals surface area contributed by atoms with E-state index in [2.05, 4.69) is 21.2 Å². The Balaban J connectivity index is 2.59. The zero-order valence-electron chi connectivity index (χ0n) is 9.83. The van der Waals surface area contributed by atoms with E-state index in [9.17, 15) is 4.79 Å². The predicted octanol–water partition coefficient (Wildman–Crippen LogP) is 2.13. The molecule has 1 unspecified atom stereocenters. The lowest BCUT2D eigenvalue weighted by Gasteiger charge is -2.18. The first-order valence-electron chi connectivity index (χ1n) is 5.20. The van der Waals surface area contributed by atoms with E-state index in [-0.39, 0.29) is 11.9 Å². The van der Waals surface area contributed by atoms with E-state index in [4.69, 9.17) is 0 Å². The van der Waals surface area contributed by atoms with Crippen molar-refractivity contribution < 1.29 is 4.79 Å². The number of nitrogens with zero attached hydrogens (tertiary/aromatic N) is 1. The smallest absolute Gasteiger partial charge is 0.251 e. The number of nitrogens with one attached hydrogen (secondary N) is 1. The summed E-state index contributed by atoms with van der Waals surface area (Å²) >= 11 is 3.35. The maximum atomic E-state index is 11.8. The number of rotatable bonds is 4. The molecule has 0 aliphatic carbocycles. The molecule has 0 aliphatic rings. The largest absolute Gasteiger partial charge is 0.348 e. The highest BCUT2D eigenvalue weighted by Crippen LogP contribution is 2.11. The summed E-state index contributed by atoms with van der Waals surface area (Å²) in [6.07, 6.45) is 0. The van der Waals surface area contributed by atoms with Crippen molar-refractivity contribution in [1.29, 1.82) is 0 Å². The molecule has 1 aromatic carbocycles. The van der Waals surface area contributed by atoms with Gasteiger partial charge < -0.3 is 10.2 Å². The van der Waals surface area contributed by atoms with Crippen LogP contribution in [0, 0.1) is 0 Å². The average molecular weight is 285 g/mol. The molecule has 4 heteroatoms. The van der Waals surface area contributed by atoms with Crippen molar-refractivity contribution in [1.82, 2.24) is 10.2 Å². The van der Waals surface area contributed by atoms with Crippen LogP contribution < -0.4 is 5.32 Å². The van der Waals surface area contributed by atoms with Crippen LogP contribution in [-0.2, 0) is 0 Å². The number of benzene rings is 1. The number of amides is 1. The highest BCUT2D eigenvalue weighted by molar-refractivity contribution is 9.10. The van der Waals surface area contributed by atoms with E-state index < -0.39 is 0 Å². The maximum Gasteiger partial charge on any atom is 0.251 e. The fourth-order valence-electron chi connectivity index (χ4n) is 1.53. The topological polar surface area (TPSA) is 32.3 Å². The molecule has 0 aromatic heterocycles. The van der Waals surface area contributed by atoms with Crippen LogP contribution >= 0.6 is 15.9 Å². The molecule has 1 atom stereocenters. The third-order valence-electron chi connectivity index (χ3n) is 2.10. The minimum Gasteiger partial charge on any atom is -0.348 e. The van der Waals surface area contributed by atoms with E-state index in [1.807, 2.05) is 50.2 Å². The lowest BCUT2D eigenvalue weighted by Crippen LogP contribution is -2.39. The first kappa shape index (κ1) is 13.2. The fourth-order valence-corrected chi connectivity index (χ4v) is 1.93. The lowest BCUT2D eigenvalue weighted by atomic mass is 10.2. The van der Waals surface area contributed by atoms with Crippen LogP contribution in [0.3, 0.4) is 0 Å². The monoisotopic (exact) mass is 284 g/mol. The Kier molecular flexibility index (Phi) is 4.96. The SMILES string of the molecule is CC(CN(C)C)NC(=O)c1cccc(Br)c1. The van der Waals surface area contributed by atoms with Crippen LogP contribution in [0.25, 0.3) is 0 Å². The molecule has 1 N–H and O–H groups in total. The highest BCUT2D eigenvalue weighted by Gasteiger charge is 2.10. The summed E-state index contributed by atoms with van der Waals surface area (Å²) in [5.41, 5.74) is 0.681. The molecule has 0 saturated heterocycles. The number of hydrogen-bond acceptors (Lipinski definition) is 2. The summed E-state index contributed by atoms with van der Waals surface area (Å²) < 4.78 is 0.917. The minimum absolute atomic E-state index is 0.0318. The Morgan fingerprint density at radius 3 is 2.75 bits per heavy atom. The first-order chi connectivity index (χ1) is 7.49. The molecule has 0 radical (unpaired) electrons. The molecule has 16 heavy (non-hydrogen) atoms. The van der Waals surface area contributed by atoms with Crippen molar-refractivity contribution in [3.8, 4) is 0 Å². The Morgan fingerprint density at radius 2 is 2.19 bits per heavy atom. The molecule has 0 saturated carbocycles. The molecule has 0 bridgehead atoms. The molecule has 1 amide bonds. The van der Waals surface area contributed by atoms with Gasteiger partial charge in [-0.3, -0.25) is 4.79 Å². The van der Waals surface area contributed by atoms with Crippen LogP contribution in [0.1, 0.15) is 17.3 Å². The van der Waals surface area contributed by atoms with Crippen LogP contribution in [0.2, 0.25) is 0 Å². The van der Waals surface area contributed by atoms with Gasteiger partial charge in [0.25, 0.3) is 5.91 Å². The van der Waals surface area contributed by atoms with Gasteiger partial charge in [0.2, 0.25) is 0 Å². The van der Waals surface area contributed by atoms with Gasteiger partial charge in [-0.1, -0.05) is 22.0 Å². The van der Waals surface area contributed by atoms with Crippen molar-refractivity contribution in [2.45, 2.75) is 13.0 Å². The molecular weight excluding hydrogens is 268 g/mol. The second-order valence-corrected chi connectivity index (χ2v) is 5.06. The second-order valence-electron chi connectivity index (χ2n) is 4.15. The van der Waals surface area contributed by atoms with Gasteiger partial charge in [-0.15, -0.1) is 0 Å². The number of likely N-dealkylation sites (N-methyl/N-ethyl adjacent to an activating group) is 1. The molecule has 0 heterocycles. The van der Waals surface area contributed by atoms with Crippen LogP contribution in [-0.4, -0.2) is 37.5 Å². The van der Waals surface area contributed by atoms with Gasteiger partial charge in [0.05, 0.1) is 0 Å².